The monoisotopic (exact) mass is 392 g/mol. The van der Waals surface area contributed by atoms with Gasteiger partial charge in [-0.2, -0.15) is 0 Å². The first-order chi connectivity index (χ1) is 12.2. The summed E-state index contributed by atoms with van der Waals surface area (Å²) in [5, 5.41) is 5.84. The Kier molecular flexibility index (Phi) is 19.5. The van der Waals surface area contributed by atoms with Crippen LogP contribution >= 0.6 is 21.6 Å². The van der Waals surface area contributed by atoms with E-state index in [4.69, 9.17) is 14.2 Å². The van der Waals surface area contributed by atoms with Crippen molar-refractivity contribution in [2.45, 2.75) is 31.6 Å². The van der Waals surface area contributed by atoms with E-state index in [1.807, 2.05) is 7.05 Å². The number of carbonyl (C=O) groups excluding carboxylic acids is 1. The summed E-state index contributed by atoms with van der Waals surface area (Å²) in [6.45, 7) is 5.65. The van der Waals surface area contributed by atoms with E-state index in [0.717, 1.165) is 19.4 Å². The zero-order chi connectivity index (χ0) is 18.6. The van der Waals surface area contributed by atoms with Gasteiger partial charge in [-0.1, -0.05) is 27.5 Å². The Morgan fingerprint density at radius 2 is 1.88 bits per heavy atom. The number of amides is 1. The lowest BCUT2D eigenvalue weighted by atomic mass is 10.3. The summed E-state index contributed by atoms with van der Waals surface area (Å²) in [5.74, 6) is 5.45. The van der Waals surface area contributed by atoms with Crippen LogP contribution in [-0.4, -0.2) is 70.8 Å². The van der Waals surface area contributed by atoms with Crippen LogP contribution in [0.2, 0.25) is 0 Å². The van der Waals surface area contributed by atoms with E-state index >= 15 is 0 Å². The zero-order valence-corrected chi connectivity index (χ0v) is 17.2. The molecule has 0 heterocycles. The van der Waals surface area contributed by atoms with Crippen molar-refractivity contribution in [1.82, 2.24) is 10.6 Å². The number of rotatable bonds is 17. The molecule has 8 heteroatoms. The predicted octanol–water partition coefficient (Wildman–Crippen LogP) is 1.90. The molecule has 2 N–H and O–H groups in total. The van der Waals surface area contributed by atoms with E-state index in [1.165, 1.54) is 0 Å². The van der Waals surface area contributed by atoms with Gasteiger partial charge in [0.15, 0.2) is 0 Å². The molecule has 0 bridgehead atoms. The number of hydrogen-bond acceptors (Lipinski definition) is 7. The normalized spacial score (nSPS) is 11.6. The van der Waals surface area contributed by atoms with Crippen LogP contribution in [0.3, 0.4) is 0 Å². The van der Waals surface area contributed by atoms with Gasteiger partial charge in [-0.05, 0) is 39.6 Å². The predicted molar refractivity (Wildman–Crippen MR) is 107 cm³/mol. The Hall–Kier alpha value is -0.430. The van der Waals surface area contributed by atoms with E-state index in [-0.39, 0.29) is 11.3 Å². The topological polar surface area (TPSA) is 68.8 Å². The highest BCUT2D eigenvalue weighted by atomic mass is 33.1. The van der Waals surface area contributed by atoms with Crippen LogP contribution in [0, 0.1) is 11.8 Å². The van der Waals surface area contributed by atoms with Gasteiger partial charge in [-0.3, -0.25) is 4.79 Å². The van der Waals surface area contributed by atoms with Crippen LogP contribution in [0.25, 0.3) is 0 Å². The summed E-state index contributed by atoms with van der Waals surface area (Å²) in [6, 6.07) is 0. The molecule has 0 spiro atoms. The van der Waals surface area contributed by atoms with E-state index in [1.54, 1.807) is 28.5 Å². The first-order valence-electron chi connectivity index (χ1n) is 8.52. The lowest BCUT2D eigenvalue weighted by Crippen LogP contribution is -2.25. The van der Waals surface area contributed by atoms with Crippen molar-refractivity contribution >= 4 is 27.5 Å². The van der Waals surface area contributed by atoms with Crippen LogP contribution in [0.4, 0.5) is 0 Å². The van der Waals surface area contributed by atoms with Crippen LogP contribution in [-0.2, 0) is 19.0 Å². The second kappa shape index (κ2) is 19.9. The average molecular weight is 393 g/mol. The molecule has 0 aromatic rings. The Bertz CT molecular complexity index is 375. The number of carbonyl (C=O) groups is 1. The van der Waals surface area contributed by atoms with Crippen LogP contribution in [0.1, 0.15) is 26.2 Å². The molecular weight excluding hydrogens is 360 g/mol. The first-order valence-corrected chi connectivity index (χ1v) is 11.1. The maximum atomic E-state index is 11.4. The molecule has 0 aliphatic carbocycles. The smallest absolute Gasteiger partial charge is 0.223 e. The fourth-order valence-corrected chi connectivity index (χ4v) is 3.49. The van der Waals surface area contributed by atoms with Gasteiger partial charge in [0.2, 0.25) is 5.91 Å². The zero-order valence-electron chi connectivity index (χ0n) is 15.6. The Morgan fingerprint density at radius 1 is 1.16 bits per heavy atom. The lowest BCUT2D eigenvalue weighted by molar-refractivity contribution is -0.122. The van der Waals surface area contributed by atoms with Crippen molar-refractivity contribution in [3.05, 3.63) is 0 Å². The summed E-state index contributed by atoms with van der Waals surface area (Å²) in [5.41, 5.74) is 0.208. The highest BCUT2D eigenvalue weighted by molar-refractivity contribution is 8.76. The van der Waals surface area contributed by atoms with Gasteiger partial charge in [0.1, 0.15) is 5.44 Å². The molecule has 0 aliphatic heterocycles. The quantitative estimate of drug-likeness (QED) is 0.170. The van der Waals surface area contributed by atoms with Crippen LogP contribution in [0.15, 0.2) is 0 Å². The molecule has 0 fully saturated rings. The molecule has 25 heavy (non-hydrogen) atoms. The molecule has 146 valence electrons. The fourth-order valence-electron chi connectivity index (χ4n) is 1.76. The Labute approximate surface area is 160 Å². The first kappa shape index (κ1) is 24.6. The van der Waals surface area contributed by atoms with Gasteiger partial charge in [-0.25, -0.2) is 0 Å². The molecule has 1 amide bonds. The molecule has 0 saturated heterocycles. The van der Waals surface area contributed by atoms with Gasteiger partial charge in [0, 0.05) is 6.42 Å². The molecule has 6 nitrogen and oxygen atoms in total. The second-order valence-corrected chi connectivity index (χ2v) is 7.62. The SMILES string of the molecule is CC#CCNC(=O)CCOCCOCCOC(CCCNC)SSC. The molecule has 0 rings (SSSR count). The molecule has 0 radical (unpaired) electrons. The van der Waals surface area contributed by atoms with E-state index < -0.39 is 0 Å². The summed E-state index contributed by atoms with van der Waals surface area (Å²) < 4.78 is 16.7. The van der Waals surface area contributed by atoms with Crippen molar-refractivity contribution in [2.24, 2.45) is 0 Å². The third-order valence-corrected chi connectivity index (χ3v) is 5.00. The van der Waals surface area contributed by atoms with Crippen LogP contribution in [0.5, 0.6) is 0 Å². The Morgan fingerprint density at radius 3 is 2.56 bits per heavy atom. The van der Waals surface area contributed by atoms with Crippen LogP contribution < -0.4 is 10.6 Å². The van der Waals surface area contributed by atoms with Crippen molar-refractivity contribution in [1.29, 1.82) is 0 Å². The molecule has 1 atom stereocenters. The minimum atomic E-state index is -0.0484. The summed E-state index contributed by atoms with van der Waals surface area (Å²) in [7, 11) is 5.43. The summed E-state index contributed by atoms with van der Waals surface area (Å²) in [4.78, 5) is 11.4. The molecule has 1 unspecified atom stereocenters. The van der Waals surface area contributed by atoms with Crippen molar-refractivity contribution in [3.63, 3.8) is 0 Å². The van der Waals surface area contributed by atoms with Crippen molar-refractivity contribution in [3.8, 4) is 11.8 Å². The third-order valence-electron chi connectivity index (χ3n) is 3.00. The maximum Gasteiger partial charge on any atom is 0.223 e. The standard InChI is InChI=1S/C17H32N2O4S2/c1-4-5-10-19-16(20)8-11-21-12-13-22-14-15-23-17(25-24-3)7-6-9-18-2/h17-18H,6-15H2,1-3H3,(H,19,20). The molecule has 0 aromatic heterocycles. The minimum Gasteiger partial charge on any atom is -0.379 e. The highest BCUT2D eigenvalue weighted by Gasteiger charge is 2.08. The third kappa shape index (κ3) is 18.2. The van der Waals surface area contributed by atoms with Gasteiger partial charge < -0.3 is 24.8 Å². The van der Waals surface area contributed by atoms with E-state index in [2.05, 4.69) is 28.7 Å². The molecular formula is C17H32N2O4S2. The second-order valence-electron chi connectivity index (χ2n) is 4.99. The van der Waals surface area contributed by atoms with E-state index in [0.29, 0.717) is 46.0 Å². The largest absolute Gasteiger partial charge is 0.379 e. The van der Waals surface area contributed by atoms with E-state index in [9.17, 15) is 4.79 Å². The fraction of sp³-hybridized carbons (Fsp3) is 0.824. The molecule has 0 aliphatic rings. The number of nitrogens with one attached hydrogen (secondary N) is 2. The number of ether oxygens (including phenoxy) is 3. The molecule has 0 saturated carbocycles. The van der Waals surface area contributed by atoms with Gasteiger partial charge in [0.05, 0.1) is 39.6 Å². The van der Waals surface area contributed by atoms with Crippen molar-refractivity contribution < 1.29 is 19.0 Å². The average Bonchev–Trinajstić information content (AvgIpc) is 2.60. The Balaban J connectivity index is 3.43. The molecule has 0 aromatic carbocycles. The minimum absolute atomic E-state index is 0.0484. The van der Waals surface area contributed by atoms with Crippen molar-refractivity contribution in [2.75, 3.05) is 59.4 Å². The maximum absolute atomic E-state index is 11.4. The summed E-state index contributed by atoms with van der Waals surface area (Å²) in [6.07, 6.45) is 4.53. The lowest BCUT2D eigenvalue weighted by Gasteiger charge is -2.16. The van der Waals surface area contributed by atoms with Gasteiger partial charge in [-0.15, -0.1) is 5.92 Å². The van der Waals surface area contributed by atoms with Gasteiger partial charge >= 0.3 is 0 Å². The van der Waals surface area contributed by atoms with Gasteiger partial charge in [0.25, 0.3) is 0 Å². The summed E-state index contributed by atoms with van der Waals surface area (Å²) >= 11 is 0. The number of hydrogen-bond donors (Lipinski definition) is 2. The highest BCUT2D eigenvalue weighted by Crippen LogP contribution is 2.27.